The Balaban J connectivity index is 1.24. The highest BCUT2D eigenvalue weighted by atomic mass is 32.2. The van der Waals surface area contributed by atoms with Gasteiger partial charge in [0.2, 0.25) is 6.10 Å². The summed E-state index contributed by atoms with van der Waals surface area (Å²) in [6, 6.07) is 10.4. The molecule has 1 fully saturated rings. The third-order valence-electron chi connectivity index (χ3n) is 5.55. The summed E-state index contributed by atoms with van der Waals surface area (Å²) in [7, 11) is 0. The Morgan fingerprint density at radius 1 is 1.24 bits per heavy atom. The predicted octanol–water partition coefficient (Wildman–Crippen LogP) is 3.36. The van der Waals surface area contributed by atoms with Crippen LogP contribution in [0.25, 0.3) is 0 Å². The van der Waals surface area contributed by atoms with Crippen molar-refractivity contribution in [3.63, 3.8) is 0 Å². The van der Waals surface area contributed by atoms with Crippen LogP contribution in [0.15, 0.2) is 40.6 Å². The number of benzene rings is 1. The first-order valence-electron chi connectivity index (χ1n) is 10.3. The van der Waals surface area contributed by atoms with Gasteiger partial charge in [-0.2, -0.15) is 0 Å². The SMILES string of the molecule is CSc1nnc(CCCNC(=O)[C@@H]2CC(c3ccccc3)=NO2)n1C1CCCC1. The van der Waals surface area contributed by atoms with Gasteiger partial charge >= 0.3 is 0 Å². The summed E-state index contributed by atoms with van der Waals surface area (Å²) in [5.74, 6) is 0.920. The van der Waals surface area contributed by atoms with E-state index in [0.29, 0.717) is 19.0 Å². The third kappa shape index (κ3) is 4.63. The second-order valence-corrected chi connectivity index (χ2v) is 8.28. The van der Waals surface area contributed by atoms with Gasteiger partial charge in [0.25, 0.3) is 5.91 Å². The molecular formula is C21H27N5O2S. The fourth-order valence-electron chi connectivity index (χ4n) is 4.04. The maximum Gasteiger partial charge on any atom is 0.264 e. The maximum atomic E-state index is 12.4. The molecule has 1 amide bonds. The number of amides is 1. The van der Waals surface area contributed by atoms with E-state index < -0.39 is 6.10 Å². The summed E-state index contributed by atoms with van der Waals surface area (Å²) < 4.78 is 2.32. The largest absolute Gasteiger partial charge is 0.382 e. The lowest BCUT2D eigenvalue weighted by molar-refractivity contribution is -0.131. The van der Waals surface area contributed by atoms with E-state index >= 15 is 0 Å². The van der Waals surface area contributed by atoms with Crippen molar-refractivity contribution in [3.8, 4) is 0 Å². The van der Waals surface area contributed by atoms with Gasteiger partial charge in [0, 0.05) is 25.4 Å². The Morgan fingerprint density at radius 3 is 2.79 bits per heavy atom. The van der Waals surface area contributed by atoms with Crippen molar-refractivity contribution < 1.29 is 9.63 Å². The predicted molar refractivity (Wildman–Crippen MR) is 113 cm³/mol. The number of rotatable bonds is 8. The summed E-state index contributed by atoms with van der Waals surface area (Å²) in [6.07, 6.45) is 8.61. The second kappa shape index (κ2) is 9.43. The molecule has 4 rings (SSSR count). The Bertz CT molecular complexity index is 861. The summed E-state index contributed by atoms with van der Waals surface area (Å²) in [5, 5.41) is 16.8. The Labute approximate surface area is 175 Å². The van der Waals surface area contributed by atoms with Crippen LogP contribution in [0.4, 0.5) is 0 Å². The van der Waals surface area contributed by atoms with Crippen LogP contribution in [-0.2, 0) is 16.1 Å². The Hall–Kier alpha value is -2.35. The number of nitrogens with one attached hydrogen (secondary N) is 1. The van der Waals surface area contributed by atoms with Crippen LogP contribution in [0.3, 0.4) is 0 Å². The summed E-state index contributed by atoms with van der Waals surface area (Å²) in [4.78, 5) is 17.8. The van der Waals surface area contributed by atoms with E-state index in [1.807, 2.05) is 36.6 Å². The standard InChI is InChI=1S/C21H27N5O2S/c1-29-21-24-23-19(26(21)16-10-5-6-11-16)12-7-13-22-20(27)18-14-17(25-28-18)15-8-3-2-4-9-15/h2-4,8-9,16,18H,5-7,10-14H2,1H3,(H,22,27)/t18-/m0/s1. The van der Waals surface area contributed by atoms with Gasteiger partial charge in [0.1, 0.15) is 5.82 Å². The molecule has 29 heavy (non-hydrogen) atoms. The second-order valence-electron chi connectivity index (χ2n) is 7.51. The zero-order valence-corrected chi connectivity index (χ0v) is 17.5. The van der Waals surface area contributed by atoms with Crippen LogP contribution >= 0.6 is 11.8 Å². The van der Waals surface area contributed by atoms with Gasteiger partial charge in [-0.05, 0) is 31.1 Å². The number of hydrogen-bond acceptors (Lipinski definition) is 6. The molecular weight excluding hydrogens is 386 g/mol. The number of thioether (sulfide) groups is 1. The lowest BCUT2D eigenvalue weighted by Gasteiger charge is -2.16. The summed E-state index contributed by atoms with van der Waals surface area (Å²) in [6.45, 7) is 0.589. The molecule has 8 heteroatoms. The highest BCUT2D eigenvalue weighted by Crippen LogP contribution is 2.33. The molecule has 0 unspecified atom stereocenters. The van der Waals surface area contributed by atoms with E-state index in [2.05, 4.69) is 25.2 Å². The normalized spacial score (nSPS) is 19.2. The van der Waals surface area contributed by atoms with Gasteiger partial charge in [0.15, 0.2) is 5.16 Å². The highest BCUT2D eigenvalue weighted by Gasteiger charge is 2.28. The molecule has 2 aliphatic rings. The molecule has 1 aromatic carbocycles. The van der Waals surface area contributed by atoms with Gasteiger partial charge in [-0.1, -0.05) is 60.1 Å². The van der Waals surface area contributed by atoms with Crippen LogP contribution < -0.4 is 5.32 Å². The van der Waals surface area contributed by atoms with Crippen molar-refractivity contribution in [2.45, 2.75) is 62.2 Å². The lowest BCUT2D eigenvalue weighted by Crippen LogP contribution is -2.35. The molecule has 154 valence electrons. The molecule has 0 bridgehead atoms. The van der Waals surface area contributed by atoms with E-state index in [0.717, 1.165) is 35.1 Å². The zero-order valence-electron chi connectivity index (χ0n) is 16.7. The molecule has 0 radical (unpaired) electrons. The highest BCUT2D eigenvalue weighted by molar-refractivity contribution is 7.98. The first-order valence-corrected chi connectivity index (χ1v) is 11.5. The smallest absolute Gasteiger partial charge is 0.264 e. The maximum absolute atomic E-state index is 12.4. The number of carbonyl (C=O) groups excluding carboxylic acids is 1. The quantitative estimate of drug-likeness (QED) is 0.530. The topological polar surface area (TPSA) is 81.4 Å². The lowest BCUT2D eigenvalue weighted by atomic mass is 10.0. The number of hydrogen-bond donors (Lipinski definition) is 1. The minimum Gasteiger partial charge on any atom is -0.382 e. The van der Waals surface area contributed by atoms with Gasteiger partial charge in [-0.3, -0.25) is 4.79 Å². The molecule has 1 aromatic heterocycles. The fourth-order valence-corrected chi connectivity index (χ4v) is 4.61. The van der Waals surface area contributed by atoms with E-state index in [1.165, 1.54) is 25.7 Å². The van der Waals surface area contributed by atoms with Gasteiger partial charge in [-0.15, -0.1) is 10.2 Å². The monoisotopic (exact) mass is 413 g/mol. The number of carbonyl (C=O) groups is 1. The van der Waals surface area contributed by atoms with Crippen LogP contribution in [-0.4, -0.2) is 45.3 Å². The number of oxime groups is 1. The molecule has 7 nitrogen and oxygen atoms in total. The molecule has 1 atom stereocenters. The van der Waals surface area contributed by atoms with Crippen molar-refractivity contribution in [1.29, 1.82) is 0 Å². The molecule has 2 heterocycles. The van der Waals surface area contributed by atoms with E-state index in [9.17, 15) is 4.79 Å². The average molecular weight is 414 g/mol. The van der Waals surface area contributed by atoms with Gasteiger partial charge in [0.05, 0.1) is 5.71 Å². The first kappa shape index (κ1) is 19.9. The number of aryl methyl sites for hydroxylation is 1. The fraction of sp³-hybridized carbons (Fsp3) is 0.524. The molecule has 1 N–H and O–H groups in total. The van der Waals surface area contributed by atoms with Gasteiger partial charge in [-0.25, -0.2) is 0 Å². The average Bonchev–Trinajstić information content (AvgIpc) is 3.51. The summed E-state index contributed by atoms with van der Waals surface area (Å²) in [5.41, 5.74) is 1.82. The zero-order chi connectivity index (χ0) is 20.1. The third-order valence-corrected chi connectivity index (χ3v) is 6.20. The van der Waals surface area contributed by atoms with E-state index in [1.54, 1.807) is 11.8 Å². The molecule has 1 saturated carbocycles. The Morgan fingerprint density at radius 2 is 2.03 bits per heavy atom. The van der Waals surface area contributed by atoms with Crippen LogP contribution in [0.1, 0.15) is 56.0 Å². The van der Waals surface area contributed by atoms with Crippen molar-refractivity contribution in [3.05, 3.63) is 41.7 Å². The molecule has 0 saturated heterocycles. The first-order chi connectivity index (χ1) is 14.3. The van der Waals surface area contributed by atoms with Crippen molar-refractivity contribution in [2.75, 3.05) is 12.8 Å². The number of aromatic nitrogens is 3. The van der Waals surface area contributed by atoms with Crippen LogP contribution in [0.2, 0.25) is 0 Å². The van der Waals surface area contributed by atoms with Crippen molar-refractivity contribution in [2.24, 2.45) is 5.16 Å². The van der Waals surface area contributed by atoms with Crippen LogP contribution in [0.5, 0.6) is 0 Å². The molecule has 1 aliphatic carbocycles. The minimum atomic E-state index is -0.546. The van der Waals surface area contributed by atoms with E-state index in [4.69, 9.17) is 4.84 Å². The number of nitrogens with zero attached hydrogens (tertiary/aromatic N) is 4. The molecule has 0 spiro atoms. The molecule has 2 aromatic rings. The van der Waals surface area contributed by atoms with Crippen LogP contribution in [0, 0.1) is 0 Å². The minimum absolute atomic E-state index is 0.109. The molecule has 1 aliphatic heterocycles. The summed E-state index contributed by atoms with van der Waals surface area (Å²) >= 11 is 1.65. The van der Waals surface area contributed by atoms with E-state index in [-0.39, 0.29) is 5.91 Å². The van der Waals surface area contributed by atoms with Gasteiger partial charge < -0.3 is 14.7 Å². The van der Waals surface area contributed by atoms with Crippen molar-refractivity contribution >= 4 is 23.4 Å². The van der Waals surface area contributed by atoms with Crippen molar-refractivity contribution in [1.82, 2.24) is 20.1 Å². The Kier molecular flexibility index (Phi) is 6.49.